The van der Waals surface area contributed by atoms with E-state index in [1.54, 1.807) is 4.90 Å². The average molecular weight is 437 g/mol. The van der Waals surface area contributed by atoms with Gasteiger partial charge in [0, 0.05) is 18.1 Å². The molecule has 7 nitrogen and oxygen atoms in total. The number of amides is 1. The van der Waals surface area contributed by atoms with Gasteiger partial charge in [0.2, 0.25) is 23.2 Å². The summed E-state index contributed by atoms with van der Waals surface area (Å²) in [6, 6.07) is 13.4. The zero-order chi connectivity index (χ0) is 22.0. The van der Waals surface area contributed by atoms with E-state index >= 15 is 0 Å². The number of carbonyl (C=O) groups is 1. The van der Waals surface area contributed by atoms with Crippen LogP contribution in [-0.4, -0.2) is 33.4 Å². The molecule has 0 fully saturated rings. The number of anilines is 1. The normalized spacial score (nSPS) is 14.8. The monoisotopic (exact) mass is 436 g/mol. The molecule has 1 aliphatic heterocycles. The number of benzene rings is 2. The lowest BCUT2D eigenvalue weighted by atomic mass is 10.0. The largest absolute Gasteiger partial charge is 0.494 e. The smallest absolute Gasteiger partial charge is 0.247 e. The molecular formula is C23H24N4O3S. The Morgan fingerprint density at radius 3 is 2.61 bits per heavy atom. The van der Waals surface area contributed by atoms with Gasteiger partial charge in [0.05, 0.1) is 12.3 Å². The lowest BCUT2D eigenvalue weighted by Crippen LogP contribution is -2.36. The summed E-state index contributed by atoms with van der Waals surface area (Å²) in [6.07, 6.45) is -0.702. The van der Waals surface area contributed by atoms with Gasteiger partial charge in [-0.2, -0.15) is 4.98 Å². The van der Waals surface area contributed by atoms with Crippen LogP contribution in [0.25, 0.3) is 11.3 Å². The second-order valence-corrected chi connectivity index (χ2v) is 8.29. The Bertz CT molecular complexity index is 1100. The number of aryl methyl sites for hydroxylation is 1. The average Bonchev–Trinajstić information content (AvgIpc) is 2.89. The summed E-state index contributed by atoms with van der Waals surface area (Å²) < 4.78 is 11.9. The van der Waals surface area contributed by atoms with Crippen LogP contribution in [0.2, 0.25) is 0 Å². The molecule has 1 aliphatic rings. The molecule has 160 valence electrons. The van der Waals surface area contributed by atoms with E-state index in [9.17, 15) is 4.79 Å². The van der Waals surface area contributed by atoms with Crippen molar-refractivity contribution in [3.8, 4) is 22.9 Å². The molecule has 0 bridgehead atoms. The molecule has 0 radical (unpaired) electrons. The van der Waals surface area contributed by atoms with Crippen molar-refractivity contribution in [3.63, 3.8) is 0 Å². The minimum Gasteiger partial charge on any atom is -0.494 e. The zero-order valence-corrected chi connectivity index (χ0v) is 18.8. The highest BCUT2D eigenvalue weighted by molar-refractivity contribution is 7.99. The van der Waals surface area contributed by atoms with Crippen LogP contribution < -0.4 is 14.4 Å². The third-order valence-electron chi connectivity index (χ3n) is 4.85. The zero-order valence-electron chi connectivity index (χ0n) is 18.0. The van der Waals surface area contributed by atoms with Gasteiger partial charge in [-0.1, -0.05) is 30.3 Å². The molecular weight excluding hydrogens is 412 g/mol. The van der Waals surface area contributed by atoms with Crippen molar-refractivity contribution >= 4 is 23.4 Å². The number of hydrogen-bond donors (Lipinski definition) is 0. The van der Waals surface area contributed by atoms with Crippen molar-refractivity contribution in [3.05, 3.63) is 53.6 Å². The van der Waals surface area contributed by atoms with E-state index in [0.717, 1.165) is 28.2 Å². The first-order valence-corrected chi connectivity index (χ1v) is 11.2. The predicted octanol–water partition coefficient (Wildman–Crippen LogP) is 4.80. The molecule has 0 saturated heterocycles. The summed E-state index contributed by atoms with van der Waals surface area (Å²) in [7, 11) is 0. The third kappa shape index (κ3) is 4.20. The molecule has 1 atom stereocenters. The lowest BCUT2D eigenvalue weighted by Gasteiger charge is -2.30. The molecule has 0 saturated carbocycles. The number of hydrogen-bond acceptors (Lipinski definition) is 7. The Hall–Kier alpha value is -3.13. The van der Waals surface area contributed by atoms with Crippen LogP contribution >= 0.6 is 11.8 Å². The topological polar surface area (TPSA) is 77.4 Å². The van der Waals surface area contributed by atoms with Gasteiger partial charge in [0.1, 0.15) is 5.75 Å². The number of nitrogens with zero attached hydrogens (tertiary/aromatic N) is 4. The van der Waals surface area contributed by atoms with Crippen molar-refractivity contribution in [2.75, 3.05) is 17.3 Å². The summed E-state index contributed by atoms with van der Waals surface area (Å²) in [6.45, 7) is 8.07. The number of carbonyl (C=O) groups excluding carboxylic acids is 1. The highest BCUT2D eigenvalue weighted by Crippen LogP contribution is 2.43. The summed E-state index contributed by atoms with van der Waals surface area (Å²) in [5, 5.41) is 9.22. The molecule has 1 amide bonds. The van der Waals surface area contributed by atoms with Crippen molar-refractivity contribution in [1.29, 1.82) is 0 Å². The highest BCUT2D eigenvalue weighted by Gasteiger charge is 2.34. The summed E-state index contributed by atoms with van der Waals surface area (Å²) in [5.74, 6) is 1.79. The number of fused-ring (bicyclic) bond motifs is 3. The number of ether oxygens (including phenoxy) is 2. The van der Waals surface area contributed by atoms with E-state index in [1.165, 1.54) is 18.7 Å². The summed E-state index contributed by atoms with van der Waals surface area (Å²) in [4.78, 5) is 19.1. The highest BCUT2D eigenvalue weighted by atomic mass is 32.2. The molecule has 3 aromatic rings. The maximum Gasteiger partial charge on any atom is 0.247 e. The first-order chi connectivity index (χ1) is 15.0. The SMILES string of the molecule is CCOc1ccc([C@H]2Oc3nc(SCC)nnc3-c3cc(C)ccc3N2C(C)=O)cc1. The Labute approximate surface area is 185 Å². The fourth-order valence-electron chi connectivity index (χ4n) is 3.52. The van der Waals surface area contributed by atoms with E-state index in [4.69, 9.17) is 9.47 Å². The van der Waals surface area contributed by atoms with Gasteiger partial charge in [-0.25, -0.2) is 0 Å². The second kappa shape index (κ2) is 8.93. The van der Waals surface area contributed by atoms with Gasteiger partial charge < -0.3 is 9.47 Å². The van der Waals surface area contributed by atoms with Gasteiger partial charge in [0.15, 0.2) is 5.69 Å². The minimum absolute atomic E-state index is 0.145. The van der Waals surface area contributed by atoms with Crippen LogP contribution in [0, 0.1) is 6.92 Å². The third-order valence-corrected chi connectivity index (χ3v) is 5.57. The molecule has 1 aromatic heterocycles. The second-order valence-electron chi connectivity index (χ2n) is 7.06. The van der Waals surface area contributed by atoms with Gasteiger partial charge >= 0.3 is 0 Å². The molecule has 2 aromatic carbocycles. The van der Waals surface area contributed by atoms with Crippen LogP contribution in [0.3, 0.4) is 0 Å². The van der Waals surface area contributed by atoms with E-state index in [-0.39, 0.29) is 5.91 Å². The molecule has 0 aliphatic carbocycles. The number of thioether (sulfide) groups is 1. The van der Waals surface area contributed by atoms with Crippen molar-refractivity contribution in [2.45, 2.75) is 39.1 Å². The minimum atomic E-state index is -0.702. The van der Waals surface area contributed by atoms with E-state index in [0.29, 0.717) is 29.0 Å². The van der Waals surface area contributed by atoms with Crippen LogP contribution in [0.15, 0.2) is 47.6 Å². The van der Waals surface area contributed by atoms with E-state index < -0.39 is 6.23 Å². The van der Waals surface area contributed by atoms with Crippen LogP contribution in [0.5, 0.6) is 11.6 Å². The lowest BCUT2D eigenvalue weighted by molar-refractivity contribution is -0.118. The fraction of sp³-hybridized carbons (Fsp3) is 0.304. The van der Waals surface area contributed by atoms with Gasteiger partial charge in [-0.05, 0) is 56.0 Å². The van der Waals surface area contributed by atoms with Crippen molar-refractivity contribution in [2.24, 2.45) is 0 Å². The van der Waals surface area contributed by atoms with Crippen LogP contribution in [0.1, 0.15) is 38.1 Å². The standard InChI is InChI=1S/C23H24N4O3S/c1-5-29-17-10-8-16(9-11-17)22-27(15(4)28)19-12-7-14(3)13-18(19)20-21(30-22)24-23(26-25-20)31-6-2/h7-13,22H,5-6H2,1-4H3/t22-/m1/s1. The number of rotatable bonds is 5. The Balaban J connectivity index is 1.90. The van der Waals surface area contributed by atoms with Gasteiger partial charge in [-0.15, -0.1) is 10.2 Å². The quantitative estimate of drug-likeness (QED) is 0.532. The molecule has 0 spiro atoms. The first-order valence-electron chi connectivity index (χ1n) is 10.2. The molecule has 4 rings (SSSR count). The van der Waals surface area contributed by atoms with E-state index in [2.05, 4.69) is 15.2 Å². The summed E-state index contributed by atoms with van der Waals surface area (Å²) in [5.41, 5.74) is 3.86. The molecule has 0 N–H and O–H groups in total. The van der Waals surface area contributed by atoms with E-state index in [1.807, 2.05) is 63.2 Å². The molecule has 2 heterocycles. The van der Waals surface area contributed by atoms with Gasteiger partial charge in [0.25, 0.3) is 0 Å². The fourth-order valence-corrected chi connectivity index (χ4v) is 4.03. The van der Waals surface area contributed by atoms with Crippen LogP contribution in [0.4, 0.5) is 5.69 Å². The molecule has 0 unspecified atom stereocenters. The van der Waals surface area contributed by atoms with Crippen LogP contribution in [-0.2, 0) is 4.79 Å². The Morgan fingerprint density at radius 1 is 1.16 bits per heavy atom. The first kappa shape index (κ1) is 21.1. The summed E-state index contributed by atoms with van der Waals surface area (Å²) >= 11 is 1.49. The van der Waals surface area contributed by atoms with Crippen molar-refractivity contribution in [1.82, 2.24) is 15.2 Å². The number of aromatic nitrogens is 3. The molecule has 31 heavy (non-hydrogen) atoms. The Kier molecular flexibility index (Phi) is 6.08. The van der Waals surface area contributed by atoms with Crippen molar-refractivity contribution < 1.29 is 14.3 Å². The maximum absolute atomic E-state index is 12.8. The molecule has 8 heteroatoms. The Morgan fingerprint density at radius 2 is 1.94 bits per heavy atom. The predicted molar refractivity (Wildman–Crippen MR) is 121 cm³/mol. The van der Waals surface area contributed by atoms with Gasteiger partial charge in [-0.3, -0.25) is 9.69 Å². The maximum atomic E-state index is 12.8.